The number of esters is 1. The lowest BCUT2D eigenvalue weighted by Gasteiger charge is -2.15. The number of nitrogens with zero attached hydrogens (tertiary/aromatic N) is 2. The van der Waals surface area contributed by atoms with Crippen LogP contribution in [0.4, 0.5) is 17.1 Å². The lowest BCUT2D eigenvalue weighted by molar-refractivity contribution is -0.145. The number of rotatable bonds is 6. The smallest absolute Gasteiger partial charge is 0.308 e. The Morgan fingerprint density at radius 3 is 2.86 bits per heavy atom. The number of hydrogen-bond donors (Lipinski definition) is 2. The highest BCUT2D eigenvalue weighted by Crippen LogP contribution is 2.47. The van der Waals surface area contributed by atoms with Gasteiger partial charge in [-0.2, -0.15) is 8.73 Å². The molecule has 1 heterocycles. The molecule has 1 aromatic carbocycles. The Hall–Kier alpha value is -1.15. The molecule has 1 unspecified atom stereocenters. The number of anilines is 1. The van der Waals surface area contributed by atoms with Gasteiger partial charge in [0.05, 0.1) is 46.2 Å². The number of carbonyl (C=O) groups is 1. The number of fused-ring (bicyclic) bond motifs is 1. The van der Waals surface area contributed by atoms with Gasteiger partial charge in [0.25, 0.3) is 0 Å². The van der Waals surface area contributed by atoms with Gasteiger partial charge in [-0.3, -0.25) is 4.79 Å². The summed E-state index contributed by atoms with van der Waals surface area (Å²) in [6.07, 6.45) is -0.984. The van der Waals surface area contributed by atoms with Crippen LogP contribution in [0.3, 0.4) is 0 Å². The van der Waals surface area contributed by atoms with Crippen LogP contribution in [0, 0.1) is 0 Å². The molecule has 6 nitrogen and oxygen atoms in total. The number of hydrogen-bond acceptors (Lipinski definition) is 6. The highest BCUT2D eigenvalue weighted by Gasteiger charge is 2.20. The van der Waals surface area contributed by atoms with Gasteiger partial charge in [0.1, 0.15) is 11.4 Å². The number of aliphatic hydroxyl groups is 1. The van der Waals surface area contributed by atoms with E-state index in [0.717, 1.165) is 11.4 Å². The van der Waals surface area contributed by atoms with E-state index in [-0.39, 0.29) is 19.6 Å². The Morgan fingerprint density at radius 2 is 2.14 bits per heavy atom. The zero-order valence-corrected chi connectivity index (χ0v) is 13.4. The fourth-order valence-electron chi connectivity index (χ4n) is 1.75. The van der Waals surface area contributed by atoms with Gasteiger partial charge in [-0.05, 0) is 13.0 Å². The minimum Gasteiger partial charge on any atom is -0.466 e. The molecular formula is C12H13Cl2N3O3S. The van der Waals surface area contributed by atoms with Crippen LogP contribution in [-0.4, -0.2) is 30.3 Å². The van der Waals surface area contributed by atoms with Crippen molar-refractivity contribution in [2.45, 2.75) is 19.4 Å². The minimum absolute atomic E-state index is 0.0928. The van der Waals surface area contributed by atoms with E-state index in [0.29, 0.717) is 27.1 Å². The Morgan fingerprint density at radius 1 is 1.43 bits per heavy atom. The summed E-state index contributed by atoms with van der Waals surface area (Å²) in [5.41, 5.74) is 1.63. The molecule has 0 saturated carbocycles. The van der Waals surface area contributed by atoms with Crippen LogP contribution in [0.25, 0.3) is 0 Å². The maximum Gasteiger partial charge on any atom is 0.308 e. The number of halogens is 2. The van der Waals surface area contributed by atoms with Crippen molar-refractivity contribution in [2.75, 3.05) is 18.5 Å². The van der Waals surface area contributed by atoms with E-state index in [1.807, 2.05) is 0 Å². The largest absolute Gasteiger partial charge is 0.466 e. The molecule has 0 radical (unpaired) electrons. The first-order valence-corrected chi connectivity index (χ1v) is 7.69. The third-order valence-corrected chi connectivity index (χ3v) is 3.78. The summed E-state index contributed by atoms with van der Waals surface area (Å²) in [4.78, 5) is 11.3. The zero-order valence-electron chi connectivity index (χ0n) is 11.1. The molecule has 0 aromatic heterocycles. The normalized spacial score (nSPS) is 13.5. The van der Waals surface area contributed by atoms with Crippen LogP contribution >= 0.6 is 23.2 Å². The summed E-state index contributed by atoms with van der Waals surface area (Å²) in [6, 6.07) is 1.56. The predicted octanol–water partition coefficient (Wildman–Crippen LogP) is 3.45. The third kappa shape index (κ3) is 3.94. The molecule has 0 fully saturated rings. The molecule has 21 heavy (non-hydrogen) atoms. The quantitative estimate of drug-likeness (QED) is 0.782. The SMILES string of the molecule is CCOC(=O)CC(O)CNc1c(Cl)cc(Cl)c2c1N=S=N2. The Balaban J connectivity index is 2.03. The van der Waals surface area contributed by atoms with Crippen molar-refractivity contribution >= 4 is 57.6 Å². The van der Waals surface area contributed by atoms with Crippen molar-refractivity contribution in [1.82, 2.24) is 0 Å². The van der Waals surface area contributed by atoms with E-state index in [2.05, 4.69) is 14.0 Å². The van der Waals surface area contributed by atoms with Crippen LogP contribution < -0.4 is 5.32 Å². The molecule has 9 heteroatoms. The number of benzene rings is 1. The van der Waals surface area contributed by atoms with Crippen molar-refractivity contribution in [3.63, 3.8) is 0 Å². The van der Waals surface area contributed by atoms with Gasteiger partial charge in [-0.1, -0.05) is 23.2 Å². The molecule has 0 saturated heterocycles. The highest BCUT2D eigenvalue weighted by molar-refractivity contribution is 7.58. The first-order chi connectivity index (χ1) is 10.0. The molecule has 0 bridgehead atoms. The molecule has 2 N–H and O–H groups in total. The highest BCUT2D eigenvalue weighted by atomic mass is 35.5. The summed E-state index contributed by atoms with van der Waals surface area (Å²) in [6.45, 7) is 2.13. The van der Waals surface area contributed by atoms with Gasteiger partial charge in [0.15, 0.2) is 0 Å². The van der Waals surface area contributed by atoms with Crippen LogP contribution in [0.1, 0.15) is 13.3 Å². The van der Waals surface area contributed by atoms with Crippen molar-refractivity contribution in [2.24, 2.45) is 8.73 Å². The number of ether oxygens (including phenoxy) is 1. The summed E-state index contributed by atoms with van der Waals surface area (Å²) in [7, 11) is 0. The summed E-state index contributed by atoms with van der Waals surface area (Å²) >= 11 is 13.2. The molecule has 1 aliphatic heterocycles. The summed E-state index contributed by atoms with van der Waals surface area (Å²) in [5.74, 6) is -0.450. The maximum absolute atomic E-state index is 11.3. The monoisotopic (exact) mass is 349 g/mol. The Kier molecular flexibility index (Phi) is 5.58. The Labute approximate surface area is 135 Å². The first kappa shape index (κ1) is 16.2. The van der Waals surface area contributed by atoms with E-state index >= 15 is 0 Å². The van der Waals surface area contributed by atoms with Gasteiger partial charge < -0.3 is 15.2 Å². The van der Waals surface area contributed by atoms with Crippen molar-refractivity contribution in [3.8, 4) is 0 Å². The van der Waals surface area contributed by atoms with E-state index in [1.54, 1.807) is 13.0 Å². The molecule has 0 amide bonds. The average molecular weight is 350 g/mol. The minimum atomic E-state index is -0.891. The van der Waals surface area contributed by atoms with Gasteiger partial charge in [0, 0.05) is 6.54 Å². The molecular weight excluding hydrogens is 337 g/mol. The summed E-state index contributed by atoms with van der Waals surface area (Å²) in [5, 5.41) is 13.6. The molecule has 0 aliphatic carbocycles. The van der Waals surface area contributed by atoms with Crippen LogP contribution in [0.5, 0.6) is 0 Å². The fourth-order valence-corrected chi connectivity index (χ4v) is 2.93. The van der Waals surface area contributed by atoms with Crippen molar-refractivity contribution in [1.29, 1.82) is 0 Å². The summed E-state index contributed by atoms with van der Waals surface area (Å²) < 4.78 is 13.0. The second kappa shape index (κ2) is 7.22. The lowest BCUT2D eigenvalue weighted by atomic mass is 10.2. The second-order valence-electron chi connectivity index (χ2n) is 4.22. The van der Waals surface area contributed by atoms with Gasteiger partial charge in [-0.15, -0.1) is 0 Å². The van der Waals surface area contributed by atoms with Gasteiger partial charge >= 0.3 is 5.97 Å². The molecule has 1 aromatic rings. The predicted molar refractivity (Wildman–Crippen MR) is 83.7 cm³/mol. The number of nitrogens with one attached hydrogen (secondary N) is 1. The van der Waals surface area contributed by atoms with E-state index in [9.17, 15) is 9.90 Å². The lowest BCUT2D eigenvalue weighted by Crippen LogP contribution is -2.24. The molecule has 1 atom stereocenters. The van der Waals surface area contributed by atoms with Crippen molar-refractivity contribution < 1.29 is 14.6 Å². The Bertz CT molecular complexity index is 633. The second-order valence-corrected chi connectivity index (χ2v) is 5.56. The molecule has 2 rings (SSSR count). The fraction of sp³-hybridized carbons (Fsp3) is 0.417. The topological polar surface area (TPSA) is 83.3 Å². The standard InChI is InChI=1S/C12H13Cl2N3O3S/c1-2-20-9(19)3-6(18)5-15-10-7(13)4-8(14)11-12(10)17-21-16-11/h4,6,15,18H,2-3,5H2,1H3. The van der Waals surface area contributed by atoms with Crippen LogP contribution in [0.15, 0.2) is 14.8 Å². The zero-order chi connectivity index (χ0) is 15.4. The average Bonchev–Trinajstić information content (AvgIpc) is 2.88. The van der Waals surface area contributed by atoms with Crippen LogP contribution in [0.2, 0.25) is 10.0 Å². The van der Waals surface area contributed by atoms with E-state index in [4.69, 9.17) is 27.9 Å². The van der Waals surface area contributed by atoms with Gasteiger partial charge in [-0.25, -0.2) is 0 Å². The van der Waals surface area contributed by atoms with Crippen LogP contribution in [-0.2, 0) is 20.9 Å². The molecule has 0 spiro atoms. The third-order valence-electron chi connectivity index (χ3n) is 2.67. The first-order valence-electron chi connectivity index (χ1n) is 6.20. The van der Waals surface area contributed by atoms with Crippen molar-refractivity contribution in [3.05, 3.63) is 16.1 Å². The van der Waals surface area contributed by atoms with E-state index < -0.39 is 12.1 Å². The molecule has 114 valence electrons. The van der Waals surface area contributed by atoms with E-state index in [1.165, 1.54) is 0 Å². The maximum atomic E-state index is 11.3. The number of carbonyl (C=O) groups excluding carboxylic acids is 1. The number of aliphatic hydroxyl groups excluding tert-OH is 1. The molecule has 1 aliphatic rings. The van der Waals surface area contributed by atoms with Gasteiger partial charge in [0.2, 0.25) is 0 Å².